The zero-order chi connectivity index (χ0) is 25.8. The molecular weight excluding hydrogens is 464 g/mol. The van der Waals surface area contributed by atoms with Crippen molar-refractivity contribution in [1.82, 2.24) is 20.1 Å². The van der Waals surface area contributed by atoms with Crippen molar-refractivity contribution in [3.05, 3.63) is 89.9 Å². The zero-order valence-corrected chi connectivity index (χ0v) is 20.9. The maximum absolute atomic E-state index is 13.1. The van der Waals surface area contributed by atoms with Gasteiger partial charge in [-0.3, -0.25) is 9.48 Å². The molecule has 0 aliphatic heterocycles. The Balaban J connectivity index is 1.20. The number of nitrogens with one attached hydrogen (secondary N) is 1. The number of nitrogens with two attached hydrogens (primary N) is 2. The number of benzene rings is 2. The van der Waals surface area contributed by atoms with Crippen LogP contribution in [0.25, 0.3) is 22.3 Å². The van der Waals surface area contributed by atoms with Crippen LogP contribution in [0, 0.1) is 0 Å². The first kappa shape index (κ1) is 24.7. The lowest BCUT2D eigenvalue weighted by Crippen LogP contribution is -2.41. The Labute approximate surface area is 216 Å². The van der Waals surface area contributed by atoms with Crippen molar-refractivity contribution in [2.45, 2.75) is 44.6 Å². The summed E-state index contributed by atoms with van der Waals surface area (Å²) >= 11 is 0. The average Bonchev–Trinajstić information content (AvgIpc) is 3.56. The van der Waals surface area contributed by atoms with Crippen molar-refractivity contribution in [1.29, 1.82) is 0 Å². The second-order valence-electron chi connectivity index (χ2n) is 9.52. The molecule has 0 radical (unpaired) electrons. The predicted octanol–water partition coefficient (Wildman–Crippen LogP) is 4.06. The Morgan fingerprint density at radius 2 is 1.70 bits per heavy atom. The van der Waals surface area contributed by atoms with Gasteiger partial charge in [-0.2, -0.15) is 5.10 Å². The molecule has 8 heteroatoms. The monoisotopic (exact) mass is 496 g/mol. The molecule has 37 heavy (non-hydrogen) atoms. The highest BCUT2D eigenvalue weighted by Crippen LogP contribution is 2.26. The summed E-state index contributed by atoms with van der Waals surface area (Å²) in [6, 6.07) is 18.4. The number of anilines is 1. The molecule has 4 aromatic rings. The van der Waals surface area contributed by atoms with E-state index in [9.17, 15) is 4.79 Å². The van der Waals surface area contributed by atoms with Crippen molar-refractivity contribution < 1.29 is 9.53 Å². The molecule has 1 saturated carbocycles. The molecule has 190 valence electrons. The number of aryl methyl sites for hydroxylation is 1. The summed E-state index contributed by atoms with van der Waals surface area (Å²) < 4.78 is 7.96. The first-order valence-electron chi connectivity index (χ1n) is 12.6. The first-order valence-corrected chi connectivity index (χ1v) is 12.6. The molecule has 0 unspecified atom stereocenters. The third-order valence-corrected chi connectivity index (χ3v) is 6.91. The average molecular weight is 497 g/mol. The highest BCUT2D eigenvalue weighted by atomic mass is 16.5. The number of nitrogens with zero attached hydrogens (tertiary/aromatic N) is 3. The molecule has 5 N–H and O–H groups in total. The van der Waals surface area contributed by atoms with E-state index in [-0.39, 0.29) is 23.9 Å². The molecule has 0 bridgehead atoms. The quantitative estimate of drug-likeness (QED) is 0.338. The minimum Gasteiger partial charge on any atom is -0.383 e. The second kappa shape index (κ2) is 10.9. The summed E-state index contributed by atoms with van der Waals surface area (Å²) in [6.07, 6.45) is 7.98. The van der Waals surface area contributed by atoms with E-state index in [0.29, 0.717) is 18.7 Å². The summed E-state index contributed by atoms with van der Waals surface area (Å²) in [7, 11) is 1.84. The van der Waals surface area contributed by atoms with Gasteiger partial charge >= 0.3 is 0 Å². The number of aromatic nitrogens is 3. The molecular formula is C29H32N6O2. The Kier molecular flexibility index (Phi) is 7.30. The molecule has 2 aromatic heterocycles. The van der Waals surface area contributed by atoms with Gasteiger partial charge in [0.25, 0.3) is 5.91 Å². The largest absolute Gasteiger partial charge is 0.383 e. The van der Waals surface area contributed by atoms with Gasteiger partial charge in [0.15, 0.2) is 0 Å². The van der Waals surface area contributed by atoms with Gasteiger partial charge < -0.3 is 21.5 Å². The topological polar surface area (TPSA) is 121 Å². The molecule has 2 heterocycles. The zero-order valence-electron chi connectivity index (χ0n) is 20.9. The highest BCUT2D eigenvalue weighted by molar-refractivity contribution is 5.99. The Hall–Kier alpha value is -4.01. The normalized spacial score (nSPS) is 17.1. The van der Waals surface area contributed by atoms with E-state index < -0.39 is 0 Å². The standard InChI is InChI=1S/C29H32N6O2/c1-35-17-24(16-33-35)23-13-25(28(31)32-15-23)29(36)34-26-3-2-4-27(26)37-18-20-7-11-22(12-8-20)21-9-5-19(14-30)6-10-21/h5-13,15-17,26-27H,2-4,14,18,30H2,1H3,(H2,31,32)(H,34,36)/t26-,27-/m0/s1. The summed E-state index contributed by atoms with van der Waals surface area (Å²) in [5.41, 5.74) is 18.3. The van der Waals surface area contributed by atoms with Crippen LogP contribution >= 0.6 is 0 Å². The molecule has 2 atom stereocenters. The lowest BCUT2D eigenvalue weighted by atomic mass is 10.0. The van der Waals surface area contributed by atoms with Crippen molar-refractivity contribution in [2.24, 2.45) is 12.8 Å². The number of amides is 1. The summed E-state index contributed by atoms with van der Waals surface area (Å²) in [4.78, 5) is 17.4. The van der Waals surface area contributed by atoms with Crippen LogP contribution in [-0.2, 0) is 24.9 Å². The minimum absolute atomic E-state index is 0.0527. The number of ether oxygens (including phenoxy) is 1. The molecule has 1 fully saturated rings. The van der Waals surface area contributed by atoms with Gasteiger partial charge in [0, 0.05) is 37.1 Å². The van der Waals surface area contributed by atoms with Gasteiger partial charge in [-0.05, 0) is 47.6 Å². The maximum Gasteiger partial charge on any atom is 0.255 e. The summed E-state index contributed by atoms with van der Waals surface area (Å²) in [5.74, 6) is -0.0281. The molecule has 5 rings (SSSR count). The van der Waals surface area contributed by atoms with Crippen LogP contribution in [0.2, 0.25) is 0 Å². The van der Waals surface area contributed by atoms with E-state index in [2.05, 4.69) is 63.9 Å². The van der Waals surface area contributed by atoms with Gasteiger partial charge in [-0.15, -0.1) is 0 Å². The third kappa shape index (κ3) is 5.71. The Morgan fingerprint density at radius 1 is 1.00 bits per heavy atom. The van der Waals surface area contributed by atoms with E-state index >= 15 is 0 Å². The highest BCUT2D eigenvalue weighted by Gasteiger charge is 2.30. The van der Waals surface area contributed by atoms with E-state index in [1.807, 2.05) is 13.2 Å². The van der Waals surface area contributed by atoms with Crippen LogP contribution in [0.5, 0.6) is 0 Å². The van der Waals surface area contributed by atoms with Gasteiger partial charge in [-0.25, -0.2) is 4.98 Å². The van der Waals surface area contributed by atoms with Crippen LogP contribution in [0.1, 0.15) is 40.7 Å². The smallest absolute Gasteiger partial charge is 0.255 e. The van der Waals surface area contributed by atoms with Crippen LogP contribution in [-0.4, -0.2) is 32.8 Å². The van der Waals surface area contributed by atoms with Crippen molar-refractivity contribution in [2.75, 3.05) is 5.73 Å². The van der Waals surface area contributed by atoms with Crippen molar-refractivity contribution in [3.8, 4) is 22.3 Å². The number of carbonyl (C=O) groups excluding carboxylic acids is 1. The predicted molar refractivity (Wildman–Crippen MR) is 144 cm³/mol. The molecule has 0 spiro atoms. The van der Waals surface area contributed by atoms with Crippen molar-refractivity contribution >= 4 is 11.7 Å². The number of hydrogen-bond donors (Lipinski definition) is 3. The number of nitrogen functional groups attached to an aromatic ring is 1. The molecule has 1 aliphatic carbocycles. The second-order valence-corrected chi connectivity index (χ2v) is 9.52. The maximum atomic E-state index is 13.1. The molecule has 0 saturated heterocycles. The number of hydrogen-bond acceptors (Lipinski definition) is 6. The third-order valence-electron chi connectivity index (χ3n) is 6.91. The van der Waals surface area contributed by atoms with Gasteiger partial charge in [0.05, 0.1) is 30.5 Å². The molecule has 2 aromatic carbocycles. The molecule has 1 amide bonds. The number of rotatable bonds is 8. The SMILES string of the molecule is Cn1cc(-c2cnc(N)c(C(=O)N[C@H]3CCC[C@@H]3OCc3ccc(-c4ccc(CN)cc4)cc3)c2)cn1. The van der Waals surface area contributed by atoms with E-state index in [0.717, 1.165) is 52.6 Å². The summed E-state index contributed by atoms with van der Waals surface area (Å²) in [5, 5.41) is 7.32. The first-order chi connectivity index (χ1) is 18.0. The van der Waals surface area contributed by atoms with Crippen LogP contribution in [0.3, 0.4) is 0 Å². The van der Waals surface area contributed by atoms with Gasteiger partial charge in [0.1, 0.15) is 5.82 Å². The molecule has 1 aliphatic rings. The summed E-state index contributed by atoms with van der Waals surface area (Å²) in [6.45, 7) is 1.03. The van der Waals surface area contributed by atoms with E-state index in [4.69, 9.17) is 16.2 Å². The number of pyridine rings is 1. The fourth-order valence-electron chi connectivity index (χ4n) is 4.75. The Morgan fingerprint density at radius 3 is 2.35 bits per heavy atom. The molecule has 8 nitrogen and oxygen atoms in total. The van der Waals surface area contributed by atoms with Crippen LogP contribution in [0.15, 0.2) is 73.2 Å². The number of carbonyl (C=O) groups is 1. The Bertz CT molecular complexity index is 1360. The van der Waals surface area contributed by atoms with Crippen LogP contribution < -0.4 is 16.8 Å². The minimum atomic E-state index is -0.235. The lowest BCUT2D eigenvalue weighted by molar-refractivity contribution is 0.0272. The van der Waals surface area contributed by atoms with Crippen LogP contribution in [0.4, 0.5) is 5.82 Å². The van der Waals surface area contributed by atoms with Crippen molar-refractivity contribution in [3.63, 3.8) is 0 Å². The van der Waals surface area contributed by atoms with E-state index in [1.54, 1.807) is 23.1 Å². The fraction of sp³-hybridized carbons (Fsp3) is 0.276. The fourth-order valence-corrected chi connectivity index (χ4v) is 4.75. The van der Waals surface area contributed by atoms with Gasteiger partial charge in [-0.1, -0.05) is 48.5 Å². The van der Waals surface area contributed by atoms with Gasteiger partial charge in [0.2, 0.25) is 0 Å². The van der Waals surface area contributed by atoms with E-state index in [1.165, 1.54) is 0 Å². The lowest BCUT2D eigenvalue weighted by Gasteiger charge is -2.22.